The molecule has 0 fully saturated rings. The molecule has 0 radical (unpaired) electrons. The van der Waals surface area contributed by atoms with Crippen molar-refractivity contribution in [1.82, 2.24) is 10.6 Å². The SMILES string of the molecule is CN=C(NCCCOC)NCC(C)(C)c1cccc(Cl)c1.I. The molecule has 4 nitrogen and oxygen atoms in total. The Hall–Kier alpha value is -0.530. The van der Waals surface area contributed by atoms with Crippen molar-refractivity contribution in [1.29, 1.82) is 0 Å². The number of hydrogen-bond acceptors (Lipinski definition) is 2. The maximum atomic E-state index is 6.07. The maximum Gasteiger partial charge on any atom is 0.191 e. The fourth-order valence-corrected chi connectivity index (χ4v) is 2.15. The lowest BCUT2D eigenvalue weighted by atomic mass is 9.84. The van der Waals surface area contributed by atoms with Gasteiger partial charge in [0.25, 0.3) is 0 Å². The zero-order valence-electron chi connectivity index (χ0n) is 13.8. The van der Waals surface area contributed by atoms with E-state index in [2.05, 4.69) is 35.5 Å². The highest BCUT2D eigenvalue weighted by molar-refractivity contribution is 14.0. The number of ether oxygens (including phenoxy) is 1. The monoisotopic (exact) mass is 439 g/mol. The van der Waals surface area contributed by atoms with E-state index in [1.54, 1.807) is 14.2 Å². The van der Waals surface area contributed by atoms with E-state index in [0.29, 0.717) is 0 Å². The zero-order chi connectivity index (χ0) is 15.7. The van der Waals surface area contributed by atoms with Crippen LogP contribution in [0.3, 0.4) is 0 Å². The van der Waals surface area contributed by atoms with Crippen LogP contribution >= 0.6 is 35.6 Å². The van der Waals surface area contributed by atoms with Gasteiger partial charge in [-0.15, -0.1) is 24.0 Å². The van der Waals surface area contributed by atoms with Crippen LogP contribution in [0.4, 0.5) is 0 Å². The lowest BCUT2D eigenvalue weighted by Gasteiger charge is -2.27. The number of nitrogens with zero attached hydrogens (tertiary/aromatic N) is 1. The van der Waals surface area contributed by atoms with E-state index in [-0.39, 0.29) is 29.4 Å². The molecule has 6 heteroatoms. The van der Waals surface area contributed by atoms with Crippen LogP contribution in [0.2, 0.25) is 5.02 Å². The smallest absolute Gasteiger partial charge is 0.191 e. The van der Waals surface area contributed by atoms with Gasteiger partial charge in [0, 0.05) is 44.3 Å². The number of halogens is 2. The van der Waals surface area contributed by atoms with Gasteiger partial charge in [0.1, 0.15) is 0 Å². The average molecular weight is 440 g/mol. The lowest BCUT2D eigenvalue weighted by molar-refractivity contribution is 0.195. The molecule has 0 atom stereocenters. The molecule has 22 heavy (non-hydrogen) atoms. The van der Waals surface area contributed by atoms with Crippen molar-refractivity contribution >= 4 is 41.5 Å². The first-order valence-electron chi connectivity index (χ1n) is 7.19. The zero-order valence-corrected chi connectivity index (χ0v) is 16.9. The van der Waals surface area contributed by atoms with Gasteiger partial charge in [-0.05, 0) is 24.1 Å². The Bertz CT molecular complexity index is 466. The first-order valence-corrected chi connectivity index (χ1v) is 7.57. The van der Waals surface area contributed by atoms with Gasteiger partial charge < -0.3 is 15.4 Å². The fraction of sp³-hybridized carbons (Fsp3) is 0.562. The Morgan fingerprint density at radius 2 is 2.05 bits per heavy atom. The van der Waals surface area contributed by atoms with Crippen LogP contribution in [0.15, 0.2) is 29.3 Å². The number of aliphatic imine (C=N–C) groups is 1. The molecular weight excluding hydrogens is 413 g/mol. The molecule has 0 unspecified atom stereocenters. The topological polar surface area (TPSA) is 45.7 Å². The molecule has 0 aliphatic rings. The summed E-state index contributed by atoms with van der Waals surface area (Å²) in [6.45, 7) is 6.73. The predicted molar refractivity (Wildman–Crippen MR) is 106 cm³/mol. The molecule has 0 heterocycles. The second kappa shape index (κ2) is 11.1. The van der Waals surface area contributed by atoms with Crippen LogP contribution in [-0.2, 0) is 10.2 Å². The second-order valence-corrected chi connectivity index (χ2v) is 6.03. The van der Waals surface area contributed by atoms with Crippen molar-refractivity contribution in [2.45, 2.75) is 25.7 Å². The Morgan fingerprint density at radius 3 is 2.64 bits per heavy atom. The molecule has 0 amide bonds. The molecule has 1 aromatic rings. The summed E-state index contributed by atoms with van der Waals surface area (Å²) in [5.41, 5.74) is 1.17. The number of benzene rings is 1. The van der Waals surface area contributed by atoms with Crippen LogP contribution < -0.4 is 10.6 Å². The molecule has 0 saturated carbocycles. The summed E-state index contributed by atoms with van der Waals surface area (Å²) in [5, 5.41) is 7.40. The minimum Gasteiger partial charge on any atom is -0.385 e. The molecule has 0 saturated heterocycles. The van der Waals surface area contributed by atoms with E-state index >= 15 is 0 Å². The van der Waals surface area contributed by atoms with Crippen LogP contribution in [0.5, 0.6) is 0 Å². The molecule has 0 spiro atoms. The lowest BCUT2D eigenvalue weighted by Crippen LogP contribution is -2.43. The summed E-state index contributed by atoms with van der Waals surface area (Å²) in [6.07, 6.45) is 0.953. The predicted octanol–water partition coefficient (Wildman–Crippen LogP) is 3.44. The van der Waals surface area contributed by atoms with Gasteiger partial charge in [-0.3, -0.25) is 4.99 Å². The minimum absolute atomic E-state index is 0. The minimum atomic E-state index is -0.0327. The summed E-state index contributed by atoms with van der Waals surface area (Å²) in [5.74, 6) is 0.807. The number of guanidine groups is 1. The first kappa shape index (κ1) is 21.5. The summed E-state index contributed by atoms with van der Waals surface area (Å²) < 4.78 is 5.03. The third-order valence-corrected chi connectivity index (χ3v) is 3.58. The molecule has 0 aromatic heterocycles. The van der Waals surface area contributed by atoms with Crippen LogP contribution in [0, 0.1) is 0 Å². The Morgan fingerprint density at radius 1 is 1.32 bits per heavy atom. The Labute approximate surface area is 156 Å². The Balaban J connectivity index is 0.00000441. The van der Waals surface area contributed by atoms with E-state index in [4.69, 9.17) is 16.3 Å². The van der Waals surface area contributed by atoms with Gasteiger partial charge in [-0.2, -0.15) is 0 Å². The molecule has 126 valence electrons. The average Bonchev–Trinajstić information content (AvgIpc) is 2.46. The van der Waals surface area contributed by atoms with Crippen molar-refractivity contribution < 1.29 is 4.74 Å². The van der Waals surface area contributed by atoms with E-state index < -0.39 is 0 Å². The molecule has 1 rings (SSSR count). The number of nitrogens with one attached hydrogen (secondary N) is 2. The van der Waals surface area contributed by atoms with Crippen molar-refractivity contribution in [3.8, 4) is 0 Å². The molecule has 0 aliphatic carbocycles. The summed E-state index contributed by atoms with van der Waals surface area (Å²) in [6, 6.07) is 7.99. The van der Waals surface area contributed by atoms with Crippen LogP contribution in [0.25, 0.3) is 0 Å². The van der Waals surface area contributed by atoms with Gasteiger partial charge in [0.15, 0.2) is 5.96 Å². The third-order valence-electron chi connectivity index (χ3n) is 3.35. The van der Waals surface area contributed by atoms with Gasteiger partial charge >= 0.3 is 0 Å². The van der Waals surface area contributed by atoms with Crippen molar-refractivity contribution in [3.63, 3.8) is 0 Å². The highest BCUT2D eigenvalue weighted by Crippen LogP contribution is 2.24. The summed E-state index contributed by atoms with van der Waals surface area (Å²) in [4.78, 5) is 4.23. The van der Waals surface area contributed by atoms with E-state index in [0.717, 1.165) is 37.1 Å². The van der Waals surface area contributed by atoms with Crippen molar-refractivity contribution in [2.75, 3.05) is 33.9 Å². The van der Waals surface area contributed by atoms with E-state index in [1.807, 2.05) is 18.2 Å². The number of hydrogen-bond donors (Lipinski definition) is 2. The summed E-state index contributed by atoms with van der Waals surface area (Å²) in [7, 11) is 3.48. The normalized spacial score (nSPS) is 11.8. The number of rotatable bonds is 7. The Kier molecular flexibility index (Phi) is 10.8. The van der Waals surface area contributed by atoms with Gasteiger partial charge in [0.05, 0.1) is 0 Å². The second-order valence-electron chi connectivity index (χ2n) is 5.59. The molecule has 0 bridgehead atoms. The standard InChI is InChI=1S/C16H26ClN3O.HI/c1-16(2,13-7-5-8-14(17)11-13)12-20-15(18-3)19-9-6-10-21-4;/h5,7-8,11H,6,9-10,12H2,1-4H3,(H2,18,19,20);1H. The summed E-state index contributed by atoms with van der Waals surface area (Å²) >= 11 is 6.07. The quantitative estimate of drug-likeness (QED) is 0.296. The largest absolute Gasteiger partial charge is 0.385 e. The van der Waals surface area contributed by atoms with E-state index in [1.165, 1.54) is 5.56 Å². The van der Waals surface area contributed by atoms with Gasteiger partial charge in [0.2, 0.25) is 0 Å². The molecule has 2 N–H and O–H groups in total. The molecule has 0 aliphatic heterocycles. The third kappa shape index (κ3) is 7.65. The highest BCUT2D eigenvalue weighted by Gasteiger charge is 2.21. The van der Waals surface area contributed by atoms with Crippen molar-refractivity contribution in [2.24, 2.45) is 4.99 Å². The van der Waals surface area contributed by atoms with Gasteiger partial charge in [-0.1, -0.05) is 37.6 Å². The van der Waals surface area contributed by atoms with E-state index in [9.17, 15) is 0 Å². The fourth-order valence-electron chi connectivity index (χ4n) is 1.96. The van der Waals surface area contributed by atoms with Crippen LogP contribution in [-0.4, -0.2) is 39.8 Å². The van der Waals surface area contributed by atoms with Crippen LogP contribution in [0.1, 0.15) is 25.8 Å². The highest BCUT2D eigenvalue weighted by atomic mass is 127. The number of methoxy groups -OCH3 is 1. The maximum absolute atomic E-state index is 6.07. The molecule has 1 aromatic carbocycles. The first-order chi connectivity index (χ1) is 9.99. The van der Waals surface area contributed by atoms with Gasteiger partial charge in [-0.25, -0.2) is 0 Å². The molecular formula is C16H27ClIN3O. The van der Waals surface area contributed by atoms with Crippen molar-refractivity contribution in [3.05, 3.63) is 34.9 Å².